The molecule has 2 aromatic carbocycles. The van der Waals surface area contributed by atoms with Gasteiger partial charge in [-0.1, -0.05) is 18.2 Å². The molecule has 2 heterocycles. The summed E-state index contributed by atoms with van der Waals surface area (Å²) < 4.78 is 22.3. The molecule has 2 atom stereocenters. The molecule has 2 saturated heterocycles. The van der Waals surface area contributed by atoms with E-state index in [0.717, 1.165) is 51.0 Å². The van der Waals surface area contributed by atoms with Crippen molar-refractivity contribution in [2.24, 2.45) is 0 Å². The highest BCUT2D eigenvalue weighted by atomic mass is 16.7. The van der Waals surface area contributed by atoms with Gasteiger partial charge < -0.3 is 29.6 Å². The predicted octanol–water partition coefficient (Wildman–Crippen LogP) is 2.99. The summed E-state index contributed by atoms with van der Waals surface area (Å²) in [5.74, 6) is 0.739. The van der Waals surface area contributed by atoms with E-state index in [-0.39, 0.29) is 24.3 Å². The molecule has 1 amide bonds. The molecule has 7 heteroatoms. The van der Waals surface area contributed by atoms with Crippen LogP contribution in [0.5, 0.6) is 5.75 Å². The number of hydrogen-bond donors (Lipinski definition) is 2. The van der Waals surface area contributed by atoms with Crippen LogP contribution in [0.3, 0.4) is 0 Å². The fourth-order valence-corrected chi connectivity index (χ4v) is 4.84. The Morgan fingerprint density at radius 2 is 1.82 bits per heavy atom. The molecule has 0 unspecified atom stereocenters. The number of benzene rings is 2. The van der Waals surface area contributed by atoms with Gasteiger partial charge in [-0.2, -0.15) is 0 Å². The van der Waals surface area contributed by atoms with Crippen LogP contribution < -0.4 is 15.4 Å². The van der Waals surface area contributed by atoms with Gasteiger partial charge in [-0.25, -0.2) is 0 Å². The second-order valence-electron chi connectivity index (χ2n) is 9.29. The fourth-order valence-electron chi connectivity index (χ4n) is 4.84. The Balaban J connectivity index is 1.08. The maximum atomic E-state index is 12.8. The van der Waals surface area contributed by atoms with Crippen LogP contribution >= 0.6 is 0 Å². The van der Waals surface area contributed by atoms with Gasteiger partial charge in [-0.05, 0) is 73.1 Å². The molecule has 2 fully saturated rings. The first kappa shape index (κ1) is 23.3. The summed E-state index contributed by atoms with van der Waals surface area (Å²) in [6.07, 6.45) is 4.99. The molecule has 7 nitrogen and oxygen atoms in total. The summed E-state index contributed by atoms with van der Waals surface area (Å²) in [7, 11) is 0. The molecule has 1 aliphatic carbocycles. The van der Waals surface area contributed by atoms with Crippen molar-refractivity contribution in [2.75, 3.05) is 33.0 Å². The van der Waals surface area contributed by atoms with E-state index in [0.29, 0.717) is 31.9 Å². The van der Waals surface area contributed by atoms with Crippen LogP contribution in [0.25, 0.3) is 0 Å². The zero-order valence-corrected chi connectivity index (χ0v) is 19.6. The molecule has 0 bridgehead atoms. The largest absolute Gasteiger partial charge is 0.491 e. The van der Waals surface area contributed by atoms with Gasteiger partial charge in [-0.3, -0.25) is 4.79 Å². The molecule has 0 radical (unpaired) electrons. The van der Waals surface area contributed by atoms with Gasteiger partial charge >= 0.3 is 0 Å². The summed E-state index contributed by atoms with van der Waals surface area (Å²) >= 11 is 0. The standard InChI is InChI=1S/C27H34N2O5/c30-27(20-6-9-24(10-7-20)34-18-25-2-1-11-31-25)29-23-8-5-21-14-19(3-4-22(21)15-23)16-28-17-26-32-12-13-33-26/h3-4,6-7,9-10,14,23,25-26,28H,1-2,5,8,11-13,15-18H2,(H,29,30)/t23-,25-/m0/s1. The maximum Gasteiger partial charge on any atom is 0.251 e. The van der Waals surface area contributed by atoms with Gasteiger partial charge in [-0.15, -0.1) is 0 Å². The molecule has 2 N–H and O–H groups in total. The van der Waals surface area contributed by atoms with Crippen molar-refractivity contribution < 1.29 is 23.7 Å². The van der Waals surface area contributed by atoms with Crippen molar-refractivity contribution in [1.82, 2.24) is 10.6 Å². The molecular formula is C27H34N2O5. The quantitative estimate of drug-likeness (QED) is 0.592. The van der Waals surface area contributed by atoms with Crippen LogP contribution in [0.1, 0.15) is 46.3 Å². The number of aryl methyl sites for hydroxylation is 1. The van der Waals surface area contributed by atoms with Crippen molar-refractivity contribution in [2.45, 2.75) is 57.1 Å². The van der Waals surface area contributed by atoms with Crippen molar-refractivity contribution in [3.05, 3.63) is 64.7 Å². The van der Waals surface area contributed by atoms with Crippen molar-refractivity contribution in [3.63, 3.8) is 0 Å². The van der Waals surface area contributed by atoms with Gasteiger partial charge in [0.1, 0.15) is 12.4 Å². The van der Waals surface area contributed by atoms with Crippen molar-refractivity contribution >= 4 is 5.91 Å². The Bertz CT molecular complexity index is 952. The molecular weight excluding hydrogens is 432 g/mol. The lowest BCUT2D eigenvalue weighted by atomic mass is 9.87. The van der Waals surface area contributed by atoms with Gasteiger partial charge in [0.05, 0.1) is 19.3 Å². The van der Waals surface area contributed by atoms with Gasteiger partial charge in [0.15, 0.2) is 6.29 Å². The van der Waals surface area contributed by atoms with E-state index >= 15 is 0 Å². The molecule has 2 aliphatic heterocycles. The number of ether oxygens (including phenoxy) is 4. The summed E-state index contributed by atoms with van der Waals surface area (Å²) in [4.78, 5) is 12.8. The lowest BCUT2D eigenvalue weighted by Crippen LogP contribution is -2.38. The lowest BCUT2D eigenvalue weighted by Gasteiger charge is -2.26. The molecule has 0 aromatic heterocycles. The first-order chi connectivity index (χ1) is 16.7. The first-order valence-electron chi connectivity index (χ1n) is 12.4. The minimum atomic E-state index is -0.128. The van der Waals surface area contributed by atoms with Crippen LogP contribution in [0.4, 0.5) is 0 Å². The second kappa shape index (κ2) is 11.3. The zero-order valence-electron chi connectivity index (χ0n) is 19.6. The van der Waals surface area contributed by atoms with Crippen molar-refractivity contribution in [3.8, 4) is 5.75 Å². The summed E-state index contributed by atoms with van der Waals surface area (Å²) in [5.41, 5.74) is 4.62. The lowest BCUT2D eigenvalue weighted by molar-refractivity contribution is -0.0392. The zero-order chi connectivity index (χ0) is 23.2. The van der Waals surface area contributed by atoms with Crippen LogP contribution in [0.15, 0.2) is 42.5 Å². The maximum absolute atomic E-state index is 12.8. The fraction of sp³-hybridized carbons (Fsp3) is 0.519. The number of fused-ring (bicyclic) bond motifs is 1. The molecule has 182 valence electrons. The van der Waals surface area contributed by atoms with Crippen LogP contribution in [0.2, 0.25) is 0 Å². The monoisotopic (exact) mass is 466 g/mol. The molecule has 0 saturated carbocycles. The highest BCUT2D eigenvalue weighted by molar-refractivity contribution is 5.94. The molecule has 2 aromatic rings. The Morgan fingerprint density at radius 1 is 0.971 bits per heavy atom. The third kappa shape index (κ3) is 6.16. The Labute approximate surface area is 201 Å². The Morgan fingerprint density at radius 3 is 2.62 bits per heavy atom. The van der Waals surface area contributed by atoms with E-state index < -0.39 is 0 Å². The second-order valence-corrected chi connectivity index (χ2v) is 9.29. The minimum absolute atomic E-state index is 0.0312. The third-order valence-electron chi connectivity index (χ3n) is 6.74. The van der Waals surface area contributed by atoms with Crippen LogP contribution in [0, 0.1) is 0 Å². The van der Waals surface area contributed by atoms with Crippen LogP contribution in [-0.2, 0) is 33.6 Å². The van der Waals surface area contributed by atoms with E-state index in [2.05, 4.69) is 28.8 Å². The Hall–Kier alpha value is -2.45. The average Bonchev–Trinajstić information content (AvgIpc) is 3.58. The van der Waals surface area contributed by atoms with E-state index in [1.54, 1.807) is 0 Å². The summed E-state index contributed by atoms with van der Waals surface area (Å²) in [6.45, 7) is 4.24. The predicted molar refractivity (Wildman–Crippen MR) is 128 cm³/mol. The smallest absolute Gasteiger partial charge is 0.251 e. The number of amides is 1. The molecule has 34 heavy (non-hydrogen) atoms. The average molecular weight is 467 g/mol. The van der Waals surface area contributed by atoms with E-state index in [9.17, 15) is 4.79 Å². The highest BCUT2D eigenvalue weighted by Crippen LogP contribution is 2.23. The highest BCUT2D eigenvalue weighted by Gasteiger charge is 2.22. The minimum Gasteiger partial charge on any atom is -0.491 e. The Kier molecular flexibility index (Phi) is 7.76. The summed E-state index contributed by atoms with van der Waals surface area (Å²) in [6, 6.07) is 14.2. The molecule has 3 aliphatic rings. The van der Waals surface area contributed by atoms with E-state index in [1.165, 1.54) is 16.7 Å². The number of rotatable bonds is 9. The summed E-state index contributed by atoms with van der Waals surface area (Å²) in [5, 5.41) is 6.62. The van der Waals surface area contributed by atoms with Gasteiger partial charge in [0.25, 0.3) is 5.91 Å². The first-order valence-corrected chi connectivity index (χ1v) is 12.4. The number of carbonyl (C=O) groups is 1. The molecule has 5 rings (SSSR count). The van der Waals surface area contributed by atoms with E-state index in [1.807, 2.05) is 24.3 Å². The topological polar surface area (TPSA) is 78.1 Å². The van der Waals surface area contributed by atoms with E-state index in [4.69, 9.17) is 18.9 Å². The van der Waals surface area contributed by atoms with Gasteiger partial charge in [0.2, 0.25) is 0 Å². The SMILES string of the molecule is O=C(N[C@H]1CCc2cc(CNCC3OCCO3)ccc2C1)c1ccc(OC[C@@H]2CCCO2)cc1. The third-order valence-corrected chi connectivity index (χ3v) is 6.74. The van der Waals surface area contributed by atoms with Crippen molar-refractivity contribution in [1.29, 1.82) is 0 Å². The van der Waals surface area contributed by atoms with Gasteiger partial charge in [0, 0.05) is 31.3 Å². The normalized spacial score (nSPS) is 22.5. The number of carbonyl (C=O) groups excluding carboxylic acids is 1. The number of nitrogens with one attached hydrogen (secondary N) is 2. The van der Waals surface area contributed by atoms with Crippen LogP contribution in [-0.4, -0.2) is 57.3 Å². The molecule has 0 spiro atoms. The number of hydrogen-bond acceptors (Lipinski definition) is 6.